The predicted molar refractivity (Wildman–Crippen MR) is 63.2 cm³/mol. The summed E-state index contributed by atoms with van der Waals surface area (Å²) in [5, 5.41) is 24.1. The molecule has 7 nitrogen and oxygen atoms in total. The lowest BCUT2D eigenvalue weighted by Gasteiger charge is -2.21. The molecule has 0 aliphatic carbocycles. The van der Waals surface area contributed by atoms with Gasteiger partial charge in [0.2, 0.25) is 0 Å². The van der Waals surface area contributed by atoms with Crippen molar-refractivity contribution in [1.82, 2.24) is 0 Å². The van der Waals surface area contributed by atoms with Gasteiger partial charge in [-0.05, 0) is 13.8 Å². The van der Waals surface area contributed by atoms with Crippen molar-refractivity contribution < 1.29 is 29.7 Å². The Hall–Kier alpha value is -1.28. The summed E-state index contributed by atoms with van der Waals surface area (Å²) in [7, 11) is 0. The summed E-state index contributed by atoms with van der Waals surface area (Å²) in [5.41, 5.74) is 5.22. The lowest BCUT2D eigenvalue weighted by molar-refractivity contribution is -0.143. The fraction of sp³-hybridized carbons (Fsp3) is 0.667. The molecule has 0 aromatic carbocycles. The molecular weight excluding hydrogens is 250 g/mol. The first kappa shape index (κ1) is 18.1. The Morgan fingerprint density at radius 2 is 1.41 bits per heavy atom. The Morgan fingerprint density at radius 3 is 1.47 bits per heavy atom. The summed E-state index contributed by atoms with van der Waals surface area (Å²) in [6, 6.07) is -0.902. The maximum atomic E-state index is 10.2. The van der Waals surface area contributed by atoms with Crippen molar-refractivity contribution in [2.45, 2.75) is 37.5 Å². The van der Waals surface area contributed by atoms with Gasteiger partial charge < -0.3 is 21.1 Å². The molecule has 0 spiro atoms. The molecule has 17 heavy (non-hydrogen) atoms. The summed E-state index contributed by atoms with van der Waals surface area (Å²) in [6.45, 7) is 3.32. The van der Waals surface area contributed by atoms with Crippen molar-refractivity contribution in [2.75, 3.05) is 0 Å². The van der Waals surface area contributed by atoms with E-state index in [1.807, 2.05) is 0 Å². The molecule has 5 N–H and O–H groups in total. The first-order chi connectivity index (χ1) is 7.48. The third-order valence-corrected chi connectivity index (χ3v) is 1.86. The molecule has 0 rings (SSSR count). The van der Waals surface area contributed by atoms with Gasteiger partial charge in [-0.2, -0.15) is 12.6 Å². The van der Waals surface area contributed by atoms with Crippen LogP contribution in [0.4, 0.5) is 0 Å². The molecule has 0 amide bonds. The molecular formula is C9H17NO6S. The van der Waals surface area contributed by atoms with E-state index in [0.717, 1.165) is 0 Å². The Kier molecular flexibility index (Phi) is 8.42. The van der Waals surface area contributed by atoms with Crippen LogP contribution in [0.15, 0.2) is 0 Å². The molecule has 0 aromatic rings. The number of aliphatic carboxylic acids is 3. The lowest BCUT2D eigenvalue weighted by atomic mass is 10.1. The van der Waals surface area contributed by atoms with Crippen LogP contribution in [0.5, 0.6) is 0 Å². The van der Waals surface area contributed by atoms with Crippen LogP contribution >= 0.6 is 12.6 Å². The van der Waals surface area contributed by atoms with E-state index in [2.05, 4.69) is 12.6 Å². The van der Waals surface area contributed by atoms with Gasteiger partial charge in [-0.15, -0.1) is 0 Å². The summed E-state index contributed by atoms with van der Waals surface area (Å²) in [6.07, 6.45) is -0.593. The Bertz CT molecular complexity index is 272. The molecule has 0 aromatic heterocycles. The SMILES string of the molecule is CC(C)(S)[C@@H](N)C(=O)O.O=C(O)CCC(=O)O. The molecule has 1 atom stereocenters. The zero-order valence-electron chi connectivity index (χ0n) is 9.58. The van der Waals surface area contributed by atoms with E-state index in [1.165, 1.54) is 0 Å². The van der Waals surface area contributed by atoms with Crippen LogP contribution in [0.3, 0.4) is 0 Å². The van der Waals surface area contributed by atoms with Crippen LogP contribution < -0.4 is 5.73 Å². The average molecular weight is 267 g/mol. The second kappa shape index (κ2) is 7.91. The van der Waals surface area contributed by atoms with Crippen molar-refractivity contribution in [2.24, 2.45) is 5.73 Å². The van der Waals surface area contributed by atoms with Gasteiger partial charge in [-0.3, -0.25) is 14.4 Å². The average Bonchev–Trinajstić information content (AvgIpc) is 2.13. The van der Waals surface area contributed by atoms with Gasteiger partial charge in [0.1, 0.15) is 6.04 Å². The number of nitrogens with two attached hydrogens (primary N) is 1. The van der Waals surface area contributed by atoms with E-state index in [0.29, 0.717) is 0 Å². The minimum absolute atomic E-state index is 0.296. The van der Waals surface area contributed by atoms with E-state index in [4.69, 9.17) is 21.1 Å². The highest BCUT2D eigenvalue weighted by molar-refractivity contribution is 7.81. The van der Waals surface area contributed by atoms with E-state index < -0.39 is 28.7 Å². The summed E-state index contributed by atoms with van der Waals surface area (Å²) >= 11 is 3.98. The van der Waals surface area contributed by atoms with Crippen LogP contribution in [0.1, 0.15) is 26.7 Å². The first-order valence-corrected chi connectivity index (χ1v) is 5.07. The maximum absolute atomic E-state index is 10.2. The minimum atomic E-state index is -1.08. The van der Waals surface area contributed by atoms with Gasteiger partial charge in [0.05, 0.1) is 12.8 Å². The van der Waals surface area contributed by atoms with Gasteiger partial charge in [0.25, 0.3) is 0 Å². The van der Waals surface area contributed by atoms with Crippen molar-refractivity contribution in [1.29, 1.82) is 0 Å². The molecule has 0 saturated heterocycles. The van der Waals surface area contributed by atoms with E-state index in [9.17, 15) is 14.4 Å². The molecule has 0 aliphatic rings. The Balaban J connectivity index is 0. The molecule has 100 valence electrons. The third kappa shape index (κ3) is 12.7. The molecule has 0 aliphatic heterocycles. The fourth-order valence-electron chi connectivity index (χ4n) is 0.516. The number of carboxylic acids is 3. The number of carboxylic acid groups (broad SMARTS) is 3. The van der Waals surface area contributed by atoms with Crippen LogP contribution in [-0.4, -0.2) is 44.0 Å². The molecule has 0 unspecified atom stereocenters. The van der Waals surface area contributed by atoms with Gasteiger partial charge >= 0.3 is 17.9 Å². The number of rotatable bonds is 5. The standard InChI is InChI=1S/C5H11NO2S.C4H6O4/c1-5(2,9)3(6)4(7)8;5-3(6)1-2-4(7)8/h3,9H,6H2,1-2H3,(H,7,8);1-2H2,(H,5,6)(H,7,8)/t3-;/m0./s1. The molecule has 0 radical (unpaired) electrons. The van der Waals surface area contributed by atoms with Crippen molar-refractivity contribution >= 4 is 30.5 Å². The quantitative estimate of drug-likeness (QED) is 0.443. The second-order valence-electron chi connectivity index (χ2n) is 3.76. The van der Waals surface area contributed by atoms with Crippen molar-refractivity contribution in [3.05, 3.63) is 0 Å². The highest BCUT2D eigenvalue weighted by Gasteiger charge is 2.27. The molecule has 0 heterocycles. The van der Waals surface area contributed by atoms with Gasteiger partial charge in [-0.25, -0.2) is 0 Å². The van der Waals surface area contributed by atoms with Gasteiger partial charge in [-0.1, -0.05) is 0 Å². The fourth-order valence-corrected chi connectivity index (χ4v) is 0.626. The molecule has 0 fully saturated rings. The summed E-state index contributed by atoms with van der Waals surface area (Å²) < 4.78 is -0.647. The molecule has 8 heteroatoms. The van der Waals surface area contributed by atoms with E-state index >= 15 is 0 Å². The maximum Gasteiger partial charge on any atom is 0.321 e. The molecule has 0 saturated carbocycles. The largest absolute Gasteiger partial charge is 0.481 e. The normalized spacial score (nSPS) is 12.0. The predicted octanol–water partition coefficient (Wildman–Crippen LogP) is 0.0425. The summed E-state index contributed by atoms with van der Waals surface area (Å²) in [4.78, 5) is 29.5. The highest BCUT2D eigenvalue weighted by atomic mass is 32.1. The summed E-state index contributed by atoms with van der Waals surface area (Å²) in [5.74, 6) is -3.17. The van der Waals surface area contributed by atoms with E-state index in [1.54, 1.807) is 13.8 Å². The van der Waals surface area contributed by atoms with Crippen LogP contribution in [-0.2, 0) is 14.4 Å². The zero-order valence-corrected chi connectivity index (χ0v) is 10.5. The lowest BCUT2D eigenvalue weighted by Crippen LogP contribution is -2.45. The minimum Gasteiger partial charge on any atom is -0.481 e. The van der Waals surface area contributed by atoms with Crippen molar-refractivity contribution in [3.8, 4) is 0 Å². The van der Waals surface area contributed by atoms with E-state index in [-0.39, 0.29) is 12.8 Å². The smallest absolute Gasteiger partial charge is 0.321 e. The molecule has 0 bridgehead atoms. The van der Waals surface area contributed by atoms with Crippen LogP contribution in [0.25, 0.3) is 0 Å². The van der Waals surface area contributed by atoms with Crippen LogP contribution in [0.2, 0.25) is 0 Å². The van der Waals surface area contributed by atoms with Crippen molar-refractivity contribution in [3.63, 3.8) is 0 Å². The Morgan fingerprint density at radius 1 is 1.12 bits per heavy atom. The number of carbonyl (C=O) groups is 3. The topological polar surface area (TPSA) is 138 Å². The first-order valence-electron chi connectivity index (χ1n) is 4.62. The van der Waals surface area contributed by atoms with Gasteiger partial charge in [0.15, 0.2) is 0 Å². The number of thiol groups is 1. The van der Waals surface area contributed by atoms with Gasteiger partial charge in [0, 0.05) is 4.75 Å². The third-order valence-electron chi connectivity index (χ3n) is 1.58. The number of hydrogen-bond acceptors (Lipinski definition) is 5. The zero-order chi connectivity index (χ0) is 14.2. The highest BCUT2D eigenvalue weighted by Crippen LogP contribution is 2.15. The monoisotopic (exact) mass is 267 g/mol. The second-order valence-corrected chi connectivity index (χ2v) is 4.91. The number of hydrogen-bond donors (Lipinski definition) is 5. The Labute approximate surface area is 104 Å². The van der Waals surface area contributed by atoms with Crippen LogP contribution in [0, 0.1) is 0 Å².